The summed E-state index contributed by atoms with van der Waals surface area (Å²) in [5.41, 5.74) is 13.5. The van der Waals surface area contributed by atoms with Gasteiger partial charge in [-0.3, -0.25) is 0 Å². The lowest BCUT2D eigenvalue weighted by molar-refractivity contribution is 0.567. The molecule has 0 aliphatic carbocycles. The van der Waals surface area contributed by atoms with Gasteiger partial charge in [0.15, 0.2) is 0 Å². The van der Waals surface area contributed by atoms with E-state index in [-0.39, 0.29) is 11.6 Å². The monoisotopic (exact) mass is 248 g/mol. The van der Waals surface area contributed by atoms with Crippen LogP contribution in [0.2, 0.25) is 0 Å². The molecule has 0 bridgehead atoms. The van der Waals surface area contributed by atoms with Crippen molar-refractivity contribution in [3.05, 3.63) is 71.3 Å². The molecule has 2 unspecified atom stereocenters. The van der Waals surface area contributed by atoms with Gasteiger partial charge in [0.1, 0.15) is 11.6 Å². The quantitative estimate of drug-likeness (QED) is 0.877. The molecule has 2 nitrogen and oxygen atoms in total. The van der Waals surface area contributed by atoms with Crippen molar-refractivity contribution < 1.29 is 8.78 Å². The van der Waals surface area contributed by atoms with Crippen LogP contribution < -0.4 is 11.5 Å². The number of benzene rings is 2. The summed E-state index contributed by atoms with van der Waals surface area (Å²) in [6.07, 6.45) is 0. The third kappa shape index (κ3) is 2.72. The number of rotatable bonds is 3. The summed E-state index contributed by atoms with van der Waals surface area (Å²) in [6, 6.07) is 10.8. The van der Waals surface area contributed by atoms with Gasteiger partial charge in [-0.1, -0.05) is 24.3 Å². The van der Waals surface area contributed by atoms with Crippen LogP contribution in [0.15, 0.2) is 48.5 Å². The van der Waals surface area contributed by atoms with Crippen LogP contribution in [0.25, 0.3) is 0 Å². The first kappa shape index (κ1) is 12.7. The van der Waals surface area contributed by atoms with Gasteiger partial charge >= 0.3 is 0 Å². The molecular formula is C14H14F2N2. The maximum atomic E-state index is 12.8. The SMILES string of the molecule is NC(c1ccc(F)cc1)C(N)c1ccc(F)cc1. The number of nitrogens with two attached hydrogens (primary N) is 2. The summed E-state index contributed by atoms with van der Waals surface area (Å²) in [4.78, 5) is 0. The molecule has 0 amide bonds. The second-order valence-corrected chi connectivity index (χ2v) is 4.15. The standard InChI is InChI=1S/C14H14F2N2/c15-11-5-1-9(2-6-11)13(17)14(18)10-3-7-12(16)8-4-10/h1-8,13-14H,17-18H2. The average Bonchev–Trinajstić information content (AvgIpc) is 2.39. The van der Waals surface area contributed by atoms with E-state index >= 15 is 0 Å². The second-order valence-electron chi connectivity index (χ2n) is 4.15. The minimum absolute atomic E-state index is 0.318. The van der Waals surface area contributed by atoms with Crippen molar-refractivity contribution in [3.8, 4) is 0 Å². The zero-order valence-electron chi connectivity index (χ0n) is 9.68. The summed E-state index contributed by atoms with van der Waals surface area (Å²) in [5.74, 6) is -0.636. The lowest BCUT2D eigenvalue weighted by atomic mass is 9.95. The van der Waals surface area contributed by atoms with Gasteiger partial charge in [-0.15, -0.1) is 0 Å². The molecule has 18 heavy (non-hydrogen) atoms. The highest BCUT2D eigenvalue weighted by atomic mass is 19.1. The van der Waals surface area contributed by atoms with Gasteiger partial charge in [0, 0.05) is 12.1 Å². The highest BCUT2D eigenvalue weighted by Gasteiger charge is 2.17. The highest BCUT2D eigenvalue weighted by Crippen LogP contribution is 2.24. The minimum atomic E-state index is -0.462. The smallest absolute Gasteiger partial charge is 0.123 e. The van der Waals surface area contributed by atoms with Crippen molar-refractivity contribution in [3.63, 3.8) is 0 Å². The Hall–Kier alpha value is -1.78. The molecule has 0 spiro atoms. The zero-order valence-corrected chi connectivity index (χ0v) is 9.68. The van der Waals surface area contributed by atoms with Crippen LogP contribution in [0.4, 0.5) is 8.78 Å². The van der Waals surface area contributed by atoms with E-state index in [1.807, 2.05) is 0 Å². The second kappa shape index (κ2) is 5.25. The van der Waals surface area contributed by atoms with Gasteiger partial charge in [-0.2, -0.15) is 0 Å². The Labute approximate surface area is 104 Å². The predicted octanol–water partition coefficient (Wildman–Crippen LogP) is 2.66. The van der Waals surface area contributed by atoms with E-state index in [1.54, 1.807) is 24.3 Å². The summed E-state index contributed by atoms with van der Waals surface area (Å²) < 4.78 is 25.6. The first-order chi connectivity index (χ1) is 8.58. The Morgan fingerprint density at radius 3 is 1.17 bits per heavy atom. The molecule has 2 aromatic rings. The molecule has 2 rings (SSSR count). The fourth-order valence-electron chi connectivity index (χ4n) is 1.78. The molecule has 4 N–H and O–H groups in total. The van der Waals surface area contributed by atoms with Crippen LogP contribution >= 0.6 is 0 Å². The van der Waals surface area contributed by atoms with Crippen LogP contribution in [-0.4, -0.2) is 0 Å². The van der Waals surface area contributed by atoms with Crippen LogP contribution in [-0.2, 0) is 0 Å². The average molecular weight is 248 g/mol. The summed E-state index contributed by atoms with van der Waals surface area (Å²) in [6.45, 7) is 0. The molecule has 0 heterocycles. The third-order valence-corrected chi connectivity index (χ3v) is 2.90. The summed E-state index contributed by atoms with van der Waals surface area (Å²) in [5, 5.41) is 0. The Balaban J connectivity index is 2.20. The number of hydrogen-bond acceptors (Lipinski definition) is 2. The molecule has 0 saturated heterocycles. The maximum Gasteiger partial charge on any atom is 0.123 e. The normalized spacial score (nSPS) is 14.2. The van der Waals surface area contributed by atoms with E-state index in [9.17, 15) is 8.78 Å². The van der Waals surface area contributed by atoms with Crippen LogP contribution in [0, 0.1) is 11.6 Å². The maximum absolute atomic E-state index is 12.8. The molecule has 0 fully saturated rings. The van der Waals surface area contributed by atoms with Gasteiger partial charge in [-0.25, -0.2) is 8.78 Å². The Bertz CT molecular complexity index is 459. The van der Waals surface area contributed by atoms with E-state index < -0.39 is 12.1 Å². The van der Waals surface area contributed by atoms with E-state index in [0.29, 0.717) is 0 Å². The molecule has 0 aliphatic rings. The largest absolute Gasteiger partial charge is 0.322 e. The van der Waals surface area contributed by atoms with E-state index in [0.717, 1.165) is 11.1 Å². The van der Waals surface area contributed by atoms with Crippen molar-refractivity contribution in [2.24, 2.45) is 11.5 Å². The summed E-state index contributed by atoms with van der Waals surface area (Å²) >= 11 is 0. The number of hydrogen-bond donors (Lipinski definition) is 2. The molecule has 2 aromatic carbocycles. The molecule has 0 saturated carbocycles. The number of halogens is 2. The Morgan fingerprint density at radius 2 is 0.889 bits per heavy atom. The fraction of sp³-hybridized carbons (Fsp3) is 0.143. The Morgan fingerprint density at radius 1 is 0.611 bits per heavy atom. The molecular weight excluding hydrogens is 234 g/mol. The molecule has 2 atom stereocenters. The highest BCUT2D eigenvalue weighted by molar-refractivity contribution is 5.27. The van der Waals surface area contributed by atoms with E-state index in [4.69, 9.17) is 11.5 Å². The lowest BCUT2D eigenvalue weighted by Crippen LogP contribution is -2.26. The van der Waals surface area contributed by atoms with Gasteiger partial charge in [0.2, 0.25) is 0 Å². The summed E-state index contributed by atoms with van der Waals surface area (Å²) in [7, 11) is 0. The van der Waals surface area contributed by atoms with Gasteiger partial charge in [0.05, 0.1) is 0 Å². The first-order valence-electron chi connectivity index (χ1n) is 5.60. The molecule has 0 aliphatic heterocycles. The van der Waals surface area contributed by atoms with Crippen molar-refractivity contribution in [1.82, 2.24) is 0 Å². The van der Waals surface area contributed by atoms with E-state index in [2.05, 4.69) is 0 Å². The van der Waals surface area contributed by atoms with Gasteiger partial charge in [0.25, 0.3) is 0 Å². The van der Waals surface area contributed by atoms with Crippen molar-refractivity contribution in [1.29, 1.82) is 0 Å². The molecule has 0 radical (unpaired) electrons. The van der Waals surface area contributed by atoms with Crippen molar-refractivity contribution in [2.75, 3.05) is 0 Å². The topological polar surface area (TPSA) is 52.0 Å². The van der Waals surface area contributed by atoms with Gasteiger partial charge < -0.3 is 11.5 Å². The molecule has 94 valence electrons. The zero-order chi connectivity index (χ0) is 13.1. The van der Waals surface area contributed by atoms with Crippen LogP contribution in [0.1, 0.15) is 23.2 Å². The van der Waals surface area contributed by atoms with Crippen molar-refractivity contribution in [2.45, 2.75) is 12.1 Å². The predicted molar refractivity (Wildman–Crippen MR) is 66.7 cm³/mol. The third-order valence-electron chi connectivity index (χ3n) is 2.90. The van der Waals surface area contributed by atoms with Crippen LogP contribution in [0.3, 0.4) is 0 Å². The molecule has 0 aromatic heterocycles. The van der Waals surface area contributed by atoms with Gasteiger partial charge in [-0.05, 0) is 35.4 Å². The Kier molecular flexibility index (Phi) is 3.69. The lowest BCUT2D eigenvalue weighted by Gasteiger charge is -2.20. The first-order valence-corrected chi connectivity index (χ1v) is 5.60. The van der Waals surface area contributed by atoms with Crippen LogP contribution in [0.5, 0.6) is 0 Å². The van der Waals surface area contributed by atoms with E-state index in [1.165, 1.54) is 24.3 Å². The molecule has 4 heteroatoms. The fourth-order valence-corrected chi connectivity index (χ4v) is 1.78. The minimum Gasteiger partial charge on any atom is -0.322 e. The van der Waals surface area contributed by atoms with Crippen molar-refractivity contribution >= 4 is 0 Å².